The van der Waals surface area contributed by atoms with Gasteiger partial charge in [0.15, 0.2) is 0 Å². The van der Waals surface area contributed by atoms with E-state index in [4.69, 9.17) is 0 Å². The number of hydrogen-bond donors (Lipinski definition) is 1. The first-order chi connectivity index (χ1) is 11.7. The SMILES string of the molecule is Cn1c(C(=O)Nc2ccc(C3CCCCC3)cc2)cc2sccc21. The smallest absolute Gasteiger partial charge is 0.272 e. The summed E-state index contributed by atoms with van der Waals surface area (Å²) in [5.74, 6) is 0.648. The summed E-state index contributed by atoms with van der Waals surface area (Å²) in [6.45, 7) is 0. The molecule has 1 saturated carbocycles. The molecule has 1 N–H and O–H groups in total. The Morgan fingerprint density at radius 3 is 2.58 bits per heavy atom. The normalized spacial score (nSPS) is 15.7. The molecule has 2 heterocycles. The maximum atomic E-state index is 12.6. The van der Waals surface area contributed by atoms with Crippen LogP contribution in [0.3, 0.4) is 0 Å². The van der Waals surface area contributed by atoms with E-state index in [1.807, 2.05) is 29.8 Å². The minimum Gasteiger partial charge on any atom is -0.339 e. The third-order valence-corrected chi connectivity index (χ3v) is 5.99. The molecule has 0 radical (unpaired) electrons. The fraction of sp³-hybridized carbons (Fsp3) is 0.350. The van der Waals surface area contributed by atoms with Crippen molar-refractivity contribution in [2.24, 2.45) is 7.05 Å². The zero-order valence-corrected chi connectivity index (χ0v) is 14.7. The predicted octanol–water partition coefficient (Wildman–Crippen LogP) is 5.54. The second-order valence-corrected chi connectivity index (χ2v) is 7.62. The number of nitrogens with zero attached hydrogens (tertiary/aromatic N) is 1. The number of aryl methyl sites for hydroxylation is 1. The van der Waals surface area contributed by atoms with Gasteiger partial charge in [0.2, 0.25) is 0 Å². The number of aromatic nitrogens is 1. The van der Waals surface area contributed by atoms with Gasteiger partial charge < -0.3 is 9.88 Å². The van der Waals surface area contributed by atoms with Crippen LogP contribution < -0.4 is 5.32 Å². The quantitative estimate of drug-likeness (QED) is 0.668. The van der Waals surface area contributed by atoms with Crippen molar-refractivity contribution in [3.8, 4) is 0 Å². The van der Waals surface area contributed by atoms with E-state index in [0.717, 1.165) is 15.9 Å². The molecule has 1 aliphatic carbocycles. The second kappa shape index (κ2) is 6.44. The van der Waals surface area contributed by atoms with Crippen LogP contribution in [-0.2, 0) is 7.05 Å². The Bertz CT molecular complexity index is 854. The predicted molar refractivity (Wildman–Crippen MR) is 101 cm³/mol. The Morgan fingerprint density at radius 1 is 1.12 bits per heavy atom. The van der Waals surface area contributed by atoms with Gasteiger partial charge in [0, 0.05) is 12.7 Å². The fourth-order valence-electron chi connectivity index (χ4n) is 3.74. The number of carbonyl (C=O) groups excluding carboxylic acids is 1. The Kier molecular flexibility index (Phi) is 4.15. The number of nitrogens with one attached hydrogen (secondary N) is 1. The standard InChI is InChI=1S/C20H22N2OS/c1-22-17-11-12-24-19(17)13-18(22)20(23)21-16-9-7-15(8-10-16)14-5-3-2-4-6-14/h7-14H,2-6H2,1H3,(H,21,23). The average Bonchev–Trinajstić information content (AvgIpc) is 3.20. The molecular weight excluding hydrogens is 316 g/mol. The molecule has 0 aliphatic heterocycles. The lowest BCUT2D eigenvalue weighted by Gasteiger charge is -2.22. The van der Waals surface area contributed by atoms with Crippen molar-refractivity contribution >= 4 is 33.1 Å². The second-order valence-electron chi connectivity index (χ2n) is 6.67. The zero-order chi connectivity index (χ0) is 16.5. The first-order valence-corrected chi connectivity index (χ1v) is 9.54. The molecule has 1 aliphatic rings. The van der Waals surface area contributed by atoms with Crippen molar-refractivity contribution in [2.45, 2.75) is 38.0 Å². The van der Waals surface area contributed by atoms with Gasteiger partial charge in [-0.05, 0) is 54.0 Å². The zero-order valence-electron chi connectivity index (χ0n) is 13.9. The highest BCUT2D eigenvalue weighted by molar-refractivity contribution is 7.17. The van der Waals surface area contributed by atoms with E-state index in [9.17, 15) is 4.79 Å². The van der Waals surface area contributed by atoms with Crippen molar-refractivity contribution in [3.05, 3.63) is 53.0 Å². The van der Waals surface area contributed by atoms with Crippen molar-refractivity contribution in [1.29, 1.82) is 0 Å². The van der Waals surface area contributed by atoms with Crippen LogP contribution in [-0.4, -0.2) is 10.5 Å². The molecule has 3 nitrogen and oxygen atoms in total. The number of anilines is 1. The minimum atomic E-state index is -0.0497. The van der Waals surface area contributed by atoms with Crippen LogP contribution >= 0.6 is 11.3 Å². The van der Waals surface area contributed by atoms with Crippen molar-refractivity contribution in [3.63, 3.8) is 0 Å². The van der Waals surface area contributed by atoms with Crippen LogP contribution in [0.2, 0.25) is 0 Å². The van der Waals surface area contributed by atoms with Gasteiger partial charge in [0.05, 0.1) is 10.2 Å². The number of rotatable bonds is 3. The van der Waals surface area contributed by atoms with E-state index in [-0.39, 0.29) is 5.91 Å². The Labute approximate surface area is 146 Å². The summed E-state index contributed by atoms with van der Waals surface area (Å²) in [6.07, 6.45) is 6.65. The molecule has 0 saturated heterocycles. The van der Waals surface area contributed by atoms with Gasteiger partial charge in [-0.1, -0.05) is 31.4 Å². The number of carbonyl (C=O) groups is 1. The number of amides is 1. The topological polar surface area (TPSA) is 34.0 Å². The molecule has 0 bridgehead atoms. The number of thiophene rings is 1. The maximum Gasteiger partial charge on any atom is 0.272 e. The molecule has 3 aromatic rings. The van der Waals surface area contributed by atoms with E-state index in [2.05, 4.69) is 28.9 Å². The van der Waals surface area contributed by atoms with Crippen LogP contribution in [0.1, 0.15) is 54.1 Å². The van der Waals surface area contributed by atoms with Gasteiger partial charge in [0.25, 0.3) is 5.91 Å². The third-order valence-electron chi connectivity index (χ3n) is 5.14. The molecule has 1 amide bonds. The molecule has 0 atom stereocenters. The highest BCUT2D eigenvalue weighted by Crippen LogP contribution is 2.33. The van der Waals surface area contributed by atoms with Gasteiger partial charge in [-0.15, -0.1) is 11.3 Å². The maximum absolute atomic E-state index is 12.6. The lowest BCUT2D eigenvalue weighted by atomic mass is 9.84. The highest BCUT2D eigenvalue weighted by Gasteiger charge is 2.16. The molecule has 1 aromatic carbocycles. The molecule has 0 spiro atoms. The van der Waals surface area contributed by atoms with Crippen LogP contribution in [0, 0.1) is 0 Å². The summed E-state index contributed by atoms with van der Waals surface area (Å²) in [4.78, 5) is 12.6. The lowest BCUT2D eigenvalue weighted by Crippen LogP contribution is -2.15. The molecular formula is C20H22N2OS. The summed E-state index contributed by atoms with van der Waals surface area (Å²) in [5, 5.41) is 5.08. The molecule has 2 aromatic heterocycles. The first-order valence-electron chi connectivity index (χ1n) is 8.66. The summed E-state index contributed by atoms with van der Waals surface area (Å²) < 4.78 is 3.10. The fourth-order valence-corrected chi connectivity index (χ4v) is 4.59. The van der Waals surface area contributed by atoms with E-state index >= 15 is 0 Å². The average molecular weight is 338 g/mol. The van der Waals surface area contributed by atoms with E-state index in [1.165, 1.54) is 37.7 Å². The third kappa shape index (κ3) is 2.86. The Hall–Kier alpha value is -2.07. The van der Waals surface area contributed by atoms with Gasteiger partial charge in [-0.3, -0.25) is 4.79 Å². The van der Waals surface area contributed by atoms with Crippen LogP contribution in [0.5, 0.6) is 0 Å². The first kappa shape index (κ1) is 15.5. The largest absolute Gasteiger partial charge is 0.339 e. The highest BCUT2D eigenvalue weighted by atomic mass is 32.1. The van der Waals surface area contributed by atoms with Gasteiger partial charge in [-0.25, -0.2) is 0 Å². The minimum absolute atomic E-state index is 0.0497. The summed E-state index contributed by atoms with van der Waals surface area (Å²) >= 11 is 1.66. The molecule has 1 fully saturated rings. The van der Waals surface area contributed by atoms with Crippen molar-refractivity contribution in [1.82, 2.24) is 4.57 Å². The lowest BCUT2D eigenvalue weighted by molar-refractivity contribution is 0.102. The summed E-state index contributed by atoms with van der Waals surface area (Å²) in [5.41, 5.74) is 4.09. The number of hydrogen-bond acceptors (Lipinski definition) is 2. The summed E-state index contributed by atoms with van der Waals surface area (Å²) in [6, 6.07) is 12.4. The number of benzene rings is 1. The molecule has 0 unspecified atom stereocenters. The van der Waals surface area contributed by atoms with Crippen molar-refractivity contribution < 1.29 is 4.79 Å². The van der Waals surface area contributed by atoms with Crippen molar-refractivity contribution in [2.75, 3.05) is 5.32 Å². The van der Waals surface area contributed by atoms with E-state index in [1.54, 1.807) is 11.3 Å². The van der Waals surface area contributed by atoms with Gasteiger partial charge in [0.1, 0.15) is 5.69 Å². The Morgan fingerprint density at radius 2 is 1.88 bits per heavy atom. The van der Waals surface area contributed by atoms with E-state index in [0.29, 0.717) is 11.6 Å². The molecule has 4 rings (SSSR count). The van der Waals surface area contributed by atoms with Crippen LogP contribution in [0.4, 0.5) is 5.69 Å². The Balaban J connectivity index is 1.49. The summed E-state index contributed by atoms with van der Waals surface area (Å²) in [7, 11) is 1.94. The van der Waals surface area contributed by atoms with Crippen LogP contribution in [0.15, 0.2) is 41.8 Å². The molecule has 4 heteroatoms. The van der Waals surface area contributed by atoms with Gasteiger partial charge in [-0.2, -0.15) is 0 Å². The van der Waals surface area contributed by atoms with Gasteiger partial charge >= 0.3 is 0 Å². The number of fused-ring (bicyclic) bond motifs is 1. The molecule has 124 valence electrons. The monoisotopic (exact) mass is 338 g/mol. The molecule has 24 heavy (non-hydrogen) atoms. The van der Waals surface area contributed by atoms with E-state index < -0.39 is 0 Å². The van der Waals surface area contributed by atoms with Crippen LogP contribution in [0.25, 0.3) is 10.2 Å².